The predicted octanol–water partition coefficient (Wildman–Crippen LogP) is 4.46. The van der Waals surface area contributed by atoms with Gasteiger partial charge in [-0.2, -0.15) is 0 Å². The number of halogens is 1. The van der Waals surface area contributed by atoms with Crippen molar-refractivity contribution in [2.45, 2.75) is 20.3 Å². The maximum atomic E-state index is 12.2. The van der Waals surface area contributed by atoms with Gasteiger partial charge < -0.3 is 10.6 Å². The largest absolute Gasteiger partial charge is 0.350 e. The summed E-state index contributed by atoms with van der Waals surface area (Å²) in [6.07, 6.45) is 3.73. The average Bonchev–Trinajstić information content (AvgIpc) is 2.64. The van der Waals surface area contributed by atoms with Crippen molar-refractivity contribution < 1.29 is 4.79 Å². The lowest BCUT2D eigenvalue weighted by Gasteiger charge is -2.10. The van der Waals surface area contributed by atoms with E-state index in [0.717, 1.165) is 16.8 Å². The van der Waals surface area contributed by atoms with Crippen molar-refractivity contribution in [1.29, 1.82) is 0 Å². The van der Waals surface area contributed by atoms with Gasteiger partial charge in [-0.25, -0.2) is 9.97 Å². The number of hydrogen-bond donors (Lipinski definition) is 2. The van der Waals surface area contributed by atoms with Gasteiger partial charge >= 0.3 is 0 Å². The van der Waals surface area contributed by atoms with E-state index in [1.165, 1.54) is 11.8 Å². The number of amides is 1. The molecule has 1 amide bonds. The molecule has 0 spiro atoms. The fourth-order valence-electron chi connectivity index (χ4n) is 2.71. The summed E-state index contributed by atoms with van der Waals surface area (Å²) < 4.78 is 0. The molecule has 2 aromatic carbocycles. The van der Waals surface area contributed by atoms with Crippen molar-refractivity contribution >= 4 is 29.0 Å². The number of rotatable bonds is 6. The van der Waals surface area contributed by atoms with E-state index in [1.807, 2.05) is 43.3 Å². The van der Waals surface area contributed by atoms with Crippen LogP contribution in [0.4, 0.5) is 11.5 Å². The van der Waals surface area contributed by atoms with Crippen molar-refractivity contribution in [2.24, 2.45) is 0 Å². The van der Waals surface area contributed by atoms with E-state index < -0.39 is 0 Å². The van der Waals surface area contributed by atoms with Gasteiger partial charge in [0.05, 0.1) is 12.4 Å². The van der Waals surface area contributed by atoms with Gasteiger partial charge in [0.2, 0.25) is 0 Å². The molecule has 0 aliphatic rings. The smallest absolute Gasteiger partial charge is 0.271 e. The van der Waals surface area contributed by atoms with Crippen LogP contribution in [0.15, 0.2) is 54.9 Å². The molecule has 0 fully saturated rings. The second kappa shape index (κ2) is 8.64. The van der Waals surface area contributed by atoms with Crippen LogP contribution in [0.1, 0.15) is 27.2 Å². The zero-order valence-corrected chi connectivity index (χ0v) is 16.0. The molecular weight excluding hydrogens is 360 g/mol. The normalized spacial score (nSPS) is 10.5. The van der Waals surface area contributed by atoms with Crippen LogP contribution in [0, 0.1) is 13.8 Å². The standard InChI is InChI=1S/C21H21ClN4O/c1-14-6-7-18(15(2)10-14)26-20-13-24-19(12-25-20)21(27)23-9-8-16-4-3-5-17(22)11-16/h3-7,10-13H,8-9H2,1-2H3,(H,23,27)(H,25,26). The molecule has 3 rings (SSSR count). The third kappa shape index (κ3) is 5.28. The van der Waals surface area contributed by atoms with Crippen molar-refractivity contribution in [3.8, 4) is 0 Å². The van der Waals surface area contributed by atoms with E-state index >= 15 is 0 Å². The lowest BCUT2D eigenvalue weighted by atomic mass is 10.1. The zero-order chi connectivity index (χ0) is 19.2. The number of nitrogens with one attached hydrogen (secondary N) is 2. The topological polar surface area (TPSA) is 66.9 Å². The molecule has 3 aromatic rings. The molecule has 0 radical (unpaired) electrons. The lowest BCUT2D eigenvalue weighted by molar-refractivity contribution is 0.0949. The summed E-state index contributed by atoms with van der Waals surface area (Å²) in [7, 11) is 0. The van der Waals surface area contributed by atoms with E-state index in [2.05, 4.69) is 33.6 Å². The molecular formula is C21H21ClN4O. The Labute approximate surface area is 163 Å². The Kier molecular flexibility index (Phi) is 6.04. The molecule has 2 N–H and O–H groups in total. The van der Waals surface area contributed by atoms with E-state index in [4.69, 9.17) is 11.6 Å². The number of hydrogen-bond acceptors (Lipinski definition) is 4. The molecule has 0 saturated carbocycles. The summed E-state index contributed by atoms with van der Waals surface area (Å²) in [6.45, 7) is 4.59. The molecule has 0 aliphatic heterocycles. The first-order chi connectivity index (χ1) is 13.0. The number of benzene rings is 2. The van der Waals surface area contributed by atoms with Gasteiger partial charge in [0, 0.05) is 17.3 Å². The molecule has 27 heavy (non-hydrogen) atoms. The Balaban J connectivity index is 1.55. The summed E-state index contributed by atoms with van der Waals surface area (Å²) in [5.41, 5.74) is 4.65. The molecule has 0 bridgehead atoms. The summed E-state index contributed by atoms with van der Waals surface area (Å²) >= 11 is 5.96. The van der Waals surface area contributed by atoms with Crippen LogP contribution in [0.25, 0.3) is 0 Å². The second-order valence-electron chi connectivity index (χ2n) is 6.37. The summed E-state index contributed by atoms with van der Waals surface area (Å²) in [5.74, 6) is 0.347. The summed E-state index contributed by atoms with van der Waals surface area (Å²) in [4.78, 5) is 20.7. The van der Waals surface area contributed by atoms with E-state index in [1.54, 1.807) is 6.20 Å². The van der Waals surface area contributed by atoms with Gasteiger partial charge in [0.15, 0.2) is 0 Å². The third-order valence-electron chi connectivity index (χ3n) is 4.12. The summed E-state index contributed by atoms with van der Waals surface area (Å²) in [6, 6.07) is 13.7. The van der Waals surface area contributed by atoms with Crippen LogP contribution in [-0.4, -0.2) is 22.4 Å². The van der Waals surface area contributed by atoms with Crippen molar-refractivity contribution in [2.75, 3.05) is 11.9 Å². The first-order valence-electron chi connectivity index (χ1n) is 8.70. The van der Waals surface area contributed by atoms with E-state index in [-0.39, 0.29) is 11.6 Å². The van der Waals surface area contributed by atoms with Crippen LogP contribution in [0.2, 0.25) is 5.02 Å². The highest BCUT2D eigenvalue weighted by Gasteiger charge is 2.08. The van der Waals surface area contributed by atoms with Gasteiger partial charge in [0.25, 0.3) is 5.91 Å². The highest BCUT2D eigenvalue weighted by molar-refractivity contribution is 6.30. The summed E-state index contributed by atoms with van der Waals surface area (Å²) in [5, 5.41) is 6.76. The molecule has 0 atom stereocenters. The average molecular weight is 381 g/mol. The van der Waals surface area contributed by atoms with Crippen molar-refractivity contribution in [3.05, 3.63) is 82.3 Å². The second-order valence-corrected chi connectivity index (χ2v) is 6.80. The van der Waals surface area contributed by atoms with Gasteiger partial charge in [-0.3, -0.25) is 4.79 Å². The van der Waals surface area contributed by atoms with Crippen LogP contribution in [0.3, 0.4) is 0 Å². The predicted molar refractivity (Wildman–Crippen MR) is 109 cm³/mol. The van der Waals surface area contributed by atoms with E-state index in [0.29, 0.717) is 23.8 Å². The highest BCUT2D eigenvalue weighted by Crippen LogP contribution is 2.19. The Bertz CT molecular complexity index is 941. The first-order valence-corrected chi connectivity index (χ1v) is 9.08. The molecule has 5 nitrogen and oxygen atoms in total. The van der Waals surface area contributed by atoms with Crippen LogP contribution >= 0.6 is 11.6 Å². The molecule has 6 heteroatoms. The van der Waals surface area contributed by atoms with Gasteiger partial charge in [-0.1, -0.05) is 41.4 Å². The minimum Gasteiger partial charge on any atom is -0.350 e. The Morgan fingerprint density at radius 2 is 1.93 bits per heavy atom. The molecule has 138 valence electrons. The first kappa shape index (κ1) is 18.9. The fourth-order valence-corrected chi connectivity index (χ4v) is 2.92. The Morgan fingerprint density at radius 1 is 1.07 bits per heavy atom. The van der Waals surface area contributed by atoms with Crippen molar-refractivity contribution in [1.82, 2.24) is 15.3 Å². The maximum absolute atomic E-state index is 12.2. The van der Waals surface area contributed by atoms with Gasteiger partial charge in [-0.15, -0.1) is 0 Å². The van der Waals surface area contributed by atoms with E-state index in [9.17, 15) is 4.79 Å². The minimum absolute atomic E-state index is 0.248. The number of carbonyl (C=O) groups is 1. The lowest BCUT2D eigenvalue weighted by Crippen LogP contribution is -2.26. The third-order valence-corrected chi connectivity index (χ3v) is 4.35. The zero-order valence-electron chi connectivity index (χ0n) is 15.3. The molecule has 1 heterocycles. The quantitative estimate of drug-likeness (QED) is 0.662. The van der Waals surface area contributed by atoms with Crippen LogP contribution in [0.5, 0.6) is 0 Å². The number of carbonyl (C=O) groups excluding carboxylic acids is 1. The molecule has 0 saturated heterocycles. The number of anilines is 2. The molecule has 1 aromatic heterocycles. The number of aryl methyl sites for hydroxylation is 2. The minimum atomic E-state index is -0.248. The maximum Gasteiger partial charge on any atom is 0.271 e. The monoisotopic (exact) mass is 380 g/mol. The Morgan fingerprint density at radius 3 is 2.63 bits per heavy atom. The fraction of sp³-hybridized carbons (Fsp3) is 0.190. The van der Waals surface area contributed by atoms with Crippen LogP contribution in [-0.2, 0) is 6.42 Å². The highest BCUT2D eigenvalue weighted by atomic mass is 35.5. The van der Waals surface area contributed by atoms with Crippen molar-refractivity contribution in [3.63, 3.8) is 0 Å². The number of nitrogens with zero attached hydrogens (tertiary/aromatic N) is 2. The Hall–Kier alpha value is -2.92. The SMILES string of the molecule is Cc1ccc(Nc2cnc(C(=O)NCCc3cccc(Cl)c3)cn2)c(C)c1. The van der Waals surface area contributed by atoms with Crippen LogP contribution < -0.4 is 10.6 Å². The van der Waals surface area contributed by atoms with Gasteiger partial charge in [-0.05, 0) is 49.6 Å². The van der Waals surface area contributed by atoms with Gasteiger partial charge in [0.1, 0.15) is 11.5 Å². The molecule has 0 aliphatic carbocycles. The molecule has 0 unspecified atom stereocenters. The number of aromatic nitrogens is 2.